The van der Waals surface area contributed by atoms with Crippen molar-refractivity contribution < 1.29 is 14.4 Å². The van der Waals surface area contributed by atoms with Crippen LogP contribution < -0.4 is 15.5 Å². The molecule has 27 heavy (non-hydrogen) atoms. The first-order chi connectivity index (χ1) is 13.0. The monoisotopic (exact) mass is 399 g/mol. The first kappa shape index (κ1) is 19.1. The van der Waals surface area contributed by atoms with E-state index < -0.39 is 17.1 Å². The van der Waals surface area contributed by atoms with Crippen LogP contribution in [0, 0.1) is 6.92 Å². The Bertz CT molecular complexity index is 902. The van der Waals surface area contributed by atoms with Gasteiger partial charge in [0, 0.05) is 12.1 Å². The summed E-state index contributed by atoms with van der Waals surface area (Å²) in [4.78, 5) is 38.1. The zero-order valence-electron chi connectivity index (χ0n) is 14.5. The smallest absolute Gasteiger partial charge is 0.293 e. The molecular formula is C19H17N3O3S2. The van der Waals surface area contributed by atoms with E-state index in [1.807, 2.05) is 31.2 Å². The fourth-order valence-corrected chi connectivity index (χ4v) is 3.82. The molecule has 1 aliphatic rings. The summed E-state index contributed by atoms with van der Waals surface area (Å²) >= 11 is 6.00. The zero-order chi connectivity index (χ0) is 19.4. The van der Waals surface area contributed by atoms with Crippen molar-refractivity contribution in [3.63, 3.8) is 0 Å². The summed E-state index contributed by atoms with van der Waals surface area (Å²) in [6.07, 6.45) is -0.131. The quantitative estimate of drug-likeness (QED) is 0.767. The van der Waals surface area contributed by atoms with Crippen molar-refractivity contribution in [2.45, 2.75) is 18.6 Å². The third-order valence-electron chi connectivity index (χ3n) is 3.95. The predicted octanol–water partition coefficient (Wildman–Crippen LogP) is 3.47. The van der Waals surface area contributed by atoms with E-state index in [1.165, 1.54) is 0 Å². The van der Waals surface area contributed by atoms with Crippen molar-refractivity contribution in [2.24, 2.45) is 0 Å². The lowest BCUT2D eigenvalue weighted by Gasteiger charge is -2.14. The number of carbonyl (C=O) groups excluding carboxylic acids is 3. The largest absolute Gasteiger partial charge is 0.332 e. The van der Waals surface area contributed by atoms with Gasteiger partial charge in [-0.15, -0.1) is 0 Å². The van der Waals surface area contributed by atoms with Gasteiger partial charge in [0.05, 0.1) is 5.69 Å². The third-order valence-corrected chi connectivity index (χ3v) is 5.19. The lowest BCUT2D eigenvalue weighted by atomic mass is 10.2. The molecule has 0 bridgehead atoms. The minimum absolute atomic E-state index is 0.131. The summed E-state index contributed by atoms with van der Waals surface area (Å²) < 4.78 is 0. The SMILES string of the molecule is Cc1ccccc1NC(=S)NC(=O)CC1SC(=O)N(c2ccccc2)C1=O. The van der Waals surface area contributed by atoms with Gasteiger partial charge in [-0.1, -0.05) is 36.4 Å². The molecule has 8 heteroatoms. The van der Waals surface area contributed by atoms with Gasteiger partial charge in [0.2, 0.25) is 11.8 Å². The van der Waals surface area contributed by atoms with Gasteiger partial charge in [0.15, 0.2) is 5.11 Å². The number of amides is 3. The Kier molecular flexibility index (Phi) is 5.88. The van der Waals surface area contributed by atoms with Crippen LogP contribution in [0.4, 0.5) is 16.2 Å². The number of anilines is 2. The number of para-hydroxylation sites is 2. The van der Waals surface area contributed by atoms with E-state index in [4.69, 9.17) is 12.2 Å². The molecule has 138 valence electrons. The molecule has 0 aliphatic carbocycles. The minimum atomic E-state index is -0.765. The van der Waals surface area contributed by atoms with Crippen molar-refractivity contribution in [3.8, 4) is 0 Å². The van der Waals surface area contributed by atoms with Crippen LogP contribution in [-0.2, 0) is 9.59 Å². The molecule has 0 radical (unpaired) electrons. The molecule has 3 amide bonds. The van der Waals surface area contributed by atoms with Gasteiger partial charge in [0.1, 0.15) is 5.25 Å². The molecule has 1 aliphatic heterocycles. The van der Waals surface area contributed by atoms with Crippen molar-refractivity contribution in [1.82, 2.24) is 5.32 Å². The normalized spacial score (nSPS) is 16.3. The number of thioether (sulfide) groups is 1. The fourth-order valence-electron chi connectivity index (χ4n) is 2.61. The lowest BCUT2D eigenvalue weighted by molar-refractivity contribution is -0.123. The zero-order valence-corrected chi connectivity index (χ0v) is 16.1. The molecule has 3 rings (SSSR count). The molecule has 6 nitrogen and oxygen atoms in total. The molecule has 0 spiro atoms. The second kappa shape index (κ2) is 8.32. The summed E-state index contributed by atoms with van der Waals surface area (Å²) in [6.45, 7) is 1.92. The minimum Gasteiger partial charge on any atom is -0.332 e. The van der Waals surface area contributed by atoms with E-state index >= 15 is 0 Å². The topological polar surface area (TPSA) is 78.5 Å². The second-order valence-electron chi connectivity index (χ2n) is 5.90. The van der Waals surface area contributed by atoms with E-state index in [9.17, 15) is 14.4 Å². The van der Waals surface area contributed by atoms with E-state index in [0.717, 1.165) is 27.9 Å². The number of nitrogens with one attached hydrogen (secondary N) is 2. The Balaban J connectivity index is 1.58. The Morgan fingerprint density at radius 2 is 1.78 bits per heavy atom. The van der Waals surface area contributed by atoms with Gasteiger partial charge in [-0.05, 0) is 54.7 Å². The molecule has 1 fully saturated rings. The fraction of sp³-hybridized carbons (Fsp3) is 0.158. The van der Waals surface area contributed by atoms with Crippen molar-refractivity contribution >= 4 is 57.5 Å². The Morgan fingerprint density at radius 1 is 1.11 bits per heavy atom. The highest BCUT2D eigenvalue weighted by atomic mass is 32.2. The van der Waals surface area contributed by atoms with Crippen molar-refractivity contribution in [3.05, 3.63) is 60.2 Å². The second-order valence-corrected chi connectivity index (χ2v) is 7.47. The van der Waals surface area contributed by atoms with Gasteiger partial charge >= 0.3 is 0 Å². The molecule has 1 unspecified atom stereocenters. The Hall–Kier alpha value is -2.71. The maximum atomic E-state index is 12.5. The summed E-state index contributed by atoms with van der Waals surface area (Å²) in [5.41, 5.74) is 2.28. The van der Waals surface area contributed by atoms with Crippen LogP contribution in [0.15, 0.2) is 54.6 Å². The number of nitrogens with zero attached hydrogens (tertiary/aromatic N) is 1. The van der Waals surface area contributed by atoms with Crippen molar-refractivity contribution in [2.75, 3.05) is 10.2 Å². The maximum Gasteiger partial charge on any atom is 0.293 e. The molecule has 2 N–H and O–H groups in total. The standard InChI is InChI=1S/C19H17N3O3S2/c1-12-7-5-6-10-14(12)20-18(26)21-16(23)11-15-17(24)22(19(25)27-15)13-8-3-2-4-9-13/h2-10,15H,11H2,1H3,(H2,20,21,23,26). The molecule has 2 aromatic carbocycles. The van der Waals surface area contributed by atoms with Gasteiger partial charge in [0.25, 0.3) is 5.24 Å². The number of thiocarbonyl (C=S) groups is 1. The van der Waals surface area contributed by atoms with E-state index in [0.29, 0.717) is 5.69 Å². The highest BCUT2D eigenvalue weighted by molar-refractivity contribution is 8.15. The average Bonchev–Trinajstić information content (AvgIpc) is 2.91. The average molecular weight is 399 g/mol. The third kappa shape index (κ3) is 4.53. The van der Waals surface area contributed by atoms with Gasteiger partial charge in [-0.25, -0.2) is 4.90 Å². The van der Waals surface area contributed by atoms with Gasteiger partial charge in [-0.3, -0.25) is 14.4 Å². The van der Waals surface area contributed by atoms with E-state index in [1.54, 1.807) is 30.3 Å². The Morgan fingerprint density at radius 3 is 2.48 bits per heavy atom. The molecule has 2 aromatic rings. The Labute approximate surface area is 166 Å². The van der Waals surface area contributed by atoms with Crippen LogP contribution in [-0.4, -0.2) is 27.4 Å². The van der Waals surface area contributed by atoms with E-state index in [-0.39, 0.29) is 16.8 Å². The van der Waals surface area contributed by atoms with Crippen LogP contribution >= 0.6 is 24.0 Å². The van der Waals surface area contributed by atoms with Crippen LogP contribution in [0.2, 0.25) is 0 Å². The molecule has 1 atom stereocenters. The number of carbonyl (C=O) groups is 3. The molecule has 0 aromatic heterocycles. The summed E-state index contributed by atoms with van der Waals surface area (Å²) in [6, 6.07) is 16.2. The number of benzene rings is 2. The maximum absolute atomic E-state index is 12.5. The first-order valence-electron chi connectivity index (χ1n) is 8.22. The molecule has 1 saturated heterocycles. The number of hydrogen-bond acceptors (Lipinski definition) is 5. The molecular weight excluding hydrogens is 382 g/mol. The van der Waals surface area contributed by atoms with Gasteiger partial charge in [-0.2, -0.15) is 0 Å². The number of rotatable bonds is 4. The highest BCUT2D eigenvalue weighted by Gasteiger charge is 2.41. The molecule has 0 saturated carbocycles. The first-order valence-corrected chi connectivity index (χ1v) is 9.50. The van der Waals surface area contributed by atoms with Crippen LogP contribution in [0.3, 0.4) is 0 Å². The summed E-state index contributed by atoms with van der Waals surface area (Å²) in [5, 5.41) is 4.51. The van der Waals surface area contributed by atoms with Crippen LogP contribution in [0.25, 0.3) is 0 Å². The highest BCUT2D eigenvalue weighted by Crippen LogP contribution is 2.33. The van der Waals surface area contributed by atoms with Crippen LogP contribution in [0.5, 0.6) is 0 Å². The summed E-state index contributed by atoms with van der Waals surface area (Å²) in [5.74, 6) is -0.821. The number of hydrogen-bond donors (Lipinski definition) is 2. The molecule has 1 heterocycles. The van der Waals surface area contributed by atoms with E-state index in [2.05, 4.69) is 10.6 Å². The van der Waals surface area contributed by atoms with Crippen LogP contribution in [0.1, 0.15) is 12.0 Å². The predicted molar refractivity (Wildman–Crippen MR) is 111 cm³/mol. The number of imide groups is 1. The summed E-state index contributed by atoms with van der Waals surface area (Å²) in [7, 11) is 0. The lowest BCUT2D eigenvalue weighted by Crippen LogP contribution is -2.38. The van der Waals surface area contributed by atoms with Gasteiger partial charge < -0.3 is 10.6 Å². The van der Waals surface area contributed by atoms with Crippen molar-refractivity contribution in [1.29, 1.82) is 0 Å². The number of aryl methyl sites for hydroxylation is 1.